The van der Waals surface area contributed by atoms with Gasteiger partial charge in [0.25, 0.3) is 7.49 Å². The molecule has 0 N–H and O–H groups in total. The van der Waals surface area contributed by atoms with Gasteiger partial charge in [-0.15, -0.1) is 0 Å². The van der Waals surface area contributed by atoms with E-state index < -0.39 is 7.49 Å². The fourth-order valence-electron chi connectivity index (χ4n) is 3.28. The summed E-state index contributed by atoms with van der Waals surface area (Å²) < 4.78 is 6.93. The van der Waals surface area contributed by atoms with Crippen molar-refractivity contribution in [1.29, 1.82) is 0 Å². The first-order valence-electron chi connectivity index (χ1n) is 9.11. The Morgan fingerprint density at radius 3 is 1.22 bits per heavy atom. The van der Waals surface area contributed by atoms with E-state index in [0.717, 1.165) is 5.75 Å². The highest BCUT2D eigenvalue weighted by Crippen LogP contribution is 2.56. The second-order valence-electron chi connectivity index (χ2n) is 6.52. The van der Waals surface area contributed by atoms with Gasteiger partial charge in [-0.3, -0.25) is 0 Å². The SMILES string of the molecule is Cc1ccc(O[P+](c2ccccc2)(c2ccccc2)c2ccccc2)cc1. The second kappa shape index (κ2) is 7.78. The van der Waals surface area contributed by atoms with Gasteiger partial charge in [0, 0.05) is 0 Å². The van der Waals surface area contributed by atoms with Crippen LogP contribution in [0.25, 0.3) is 0 Å². The molecule has 0 atom stereocenters. The normalized spacial score (nSPS) is 11.1. The van der Waals surface area contributed by atoms with Crippen molar-refractivity contribution < 1.29 is 4.52 Å². The Morgan fingerprint density at radius 2 is 0.852 bits per heavy atom. The van der Waals surface area contributed by atoms with Gasteiger partial charge < -0.3 is 4.52 Å². The van der Waals surface area contributed by atoms with Gasteiger partial charge in [-0.2, -0.15) is 0 Å². The summed E-state index contributed by atoms with van der Waals surface area (Å²) in [6, 6.07) is 40.2. The molecule has 0 bridgehead atoms. The first kappa shape index (κ1) is 17.5. The fourth-order valence-corrected chi connectivity index (χ4v) is 6.70. The highest BCUT2D eigenvalue weighted by Gasteiger charge is 2.49. The van der Waals surface area contributed by atoms with Crippen molar-refractivity contribution in [1.82, 2.24) is 0 Å². The molecule has 2 heteroatoms. The molecule has 4 aromatic rings. The van der Waals surface area contributed by atoms with Crippen molar-refractivity contribution in [2.24, 2.45) is 0 Å². The molecule has 0 spiro atoms. The van der Waals surface area contributed by atoms with Crippen LogP contribution in [0.1, 0.15) is 5.56 Å². The quantitative estimate of drug-likeness (QED) is 0.435. The van der Waals surface area contributed by atoms with Crippen molar-refractivity contribution in [3.63, 3.8) is 0 Å². The Bertz CT molecular complexity index is 884. The van der Waals surface area contributed by atoms with E-state index >= 15 is 0 Å². The smallest absolute Gasteiger partial charge is 0.287 e. The lowest BCUT2D eigenvalue weighted by Gasteiger charge is -2.26. The second-order valence-corrected chi connectivity index (χ2v) is 9.47. The predicted molar refractivity (Wildman–Crippen MR) is 117 cm³/mol. The number of rotatable bonds is 5. The first-order chi connectivity index (χ1) is 13.3. The molecule has 0 amide bonds. The van der Waals surface area contributed by atoms with Gasteiger partial charge in [-0.05, 0) is 55.5 Å². The van der Waals surface area contributed by atoms with Gasteiger partial charge in [-0.25, -0.2) is 0 Å². The Labute approximate surface area is 161 Å². The summed E-state index contributed by atoms with van der Waals surface area (Å²) in [6.45, 7) is 2.10. The molecule has 4 rings (SSSR count). The fraction of sp³-hybridized carbons (Fsp3) is 0.0400. The Hall–Kier alpha value is -2.89. The van der Waals surface area contributed by atoms with Crippen LogP contribution < -0.4 is 20.4 Å². The largest absolute Gasteiger partial charge is 0.334 e. The van der Waals surface area contributed by atoms with Gasteiger partial charge in [0.15, 0.2) is 5.75 Å². The van der Waals surface area contributed by atoms with E-state index in [9.17, 15) is 0 Å². The van der Waals surface area contributed by atoms with Crippen molar-refractivity contribution >= 4 is 23.4 Å². The van der Waals surface area contributed by atoms with Crippen LogP contribution in [-0.4, -0.2) is 0 Å². The lowest BCUT2D eigenvalue weighted by atomic mass is 10.2. The molecular weight excluding hydrogens is 347 g/mol. The van der Waals surface area contributed by atoms with Crippen LogP contribution in [0, 0.1) is 6.92 Å². The molecule has 0 saturated heterocycles. The van der Waals surface area contributed by atoms with Gasteiger partial charge in [-0.1, -0.05) is 72.3 Å². The average Bonchev–Trinajstić information content (AvgIpc) is 2.75. The van der Waals surface area contributed by atoms with Gasteiger partial charge in [0.05, 0.1) is 0 Å². The first-order valence-corrected chi connectivity index (χ1v) is 10.8. The third kappa shape index (κ3) is 3.52. The molecule has 0 aliphatic heterocycles. The molecule has 27 heavy (non-hydrogen) atoms. The molecule has 132 valence electrons. The maximum absolute atomic E-state index is 6.93. The van der Waals surface area contributed by atoms with E-state index in [4.69, 9.17) is 4.52 Å². The number of hydrogen-bond donors (Lipinski definition) is 0. The lowest BCUT2D eigenvalue weighted by Crippen LogP contribution is -2.34. The summed E-state index contributed by atoms with van der Waals surface area (Å²) in [4.78, 5) is 0. The molecule has 0 saturated carbocycles. The minimum absolute atomic E-state index is 0.894. The van der Waals surface area contributed by atoms with E-state index in [1.807, 2.05) is 0 Å². The lowest BCUT2D eigenvalue weighted by molar-refractivity contribution is 0.620. The monoisotopic (exact) mass is 369 g/mol. The number of benzene rings is 4. The zero-order valence-corrected chi connectivity index (χ0v) is 16.2. The summed E-state index contributed by atoms with van der Waals surface area (Å²) >= 11 is 0. The minimum atomic E-state index is -2.29. The molecule has 0 unspecified atom stereocenters. The van der Waals surface area contributed by atoms with Crippen molar-refractivity contribution in [3.05, 3.63) is 121 Å². The van der Waals surface area contributed by atoms with Crippen LogP contribution in [-0.2, 0) is 0 Å². The van der Waals surface area contributed by atoms with E-state index in [2.05, 4.69) is 122 Å². The highest BCUT2D eigenvalue weighted by molar-refractivity contribution is 7.92. The topological polar surface area (TPSA) is 9.23 Å². The van der Waals surface area contributed by atoms with Crippen LogP contribution in [0.2, 0.25) is 0 Å². The summed E-state index contributed by atoms with van der Waals surface area (Å²) in [7, 11) is -2.29. The van der Waals surface area contributed by atoms with Crippen molar-refractivity contribution in [2.75, 3.05) is 0 Å². The number of aryl methyl sites for hydroxylation is 1. The van der Waals surface area contributed by atoms with Crippen LogP contribution in [0.15, 0.2) is 115 Å². The van der Waals surface area contributed by atoms with Crippen LogP contribution in [0.4, 0.5) is 0 Å². The maximum atomic E-state index is 6.93. The van der Waals surface area contributed by atoms with E-state index in [-0.39, 0.29) is 0 Å². The van der Waals surface area contributed by atoms with Crippen molar-refractivity contribution in [3.8, 4) is 5.75 Å². The van der Waals surface area contributed by atoms with Crippen LogP contribution in [0.3, 0.4) is 0 Å². The van der Waals surface area contributed by atoms with E-state index in [0.29, 0.717) is 0 Å². The van der Waals surface area contributed by atoms with Crippen molar-refractivity contribution in [2.45, 2.75) is 6.92 Å². The summed E-state index contributed by atoms with van der Waals surface area (Å²) in [5, 5.41) is 3.63. The molecule has 4 aromatic carbocycles. The number of hydrogen-bond acceptors (Lipinski definition) is 1. The molecule has 0 radical (unpaired) electrons. The zero-order chi connectivity index (χ0) is 18.5. The van der Waals surface area contributed by atoms with Crippen LogP contribution in [0.5, 0.6) is 5.75 Å². The molecule has 0 aromatic heterocycles. The highest BCUT2D eigenvalue weighted by atomic mass is 31.2. The van der Waals surface area contributed by atoms with Gasteiger partial charge in [0.2, 0.25) is 0 Å². The van der Waals surface area contributed by atoms with E-state index in [1.54, 1.807) is 0 Å². The standard InChI is InChI=1S/C25H22OP/c1-21-17-19-22(20-18-21)26-27(23-11-5-2-6-12-23,24-13-7-3-8-14-24)25-15-9-4-10-16-25/h2-20H,1H3/q+1. The van der Waals surface area contributed by atoms with Gasteiger partial charge >= 0.3 is 0 Å². The average molecular weight is 369 g/mol. The third-order valence-corrected chi connectivity index (χ3v) is 8.18. The van der Waals surface area contributed by atoms with E-state index in [1.165, 1.54) is 21.5 Å². The molecule has 0 aliphatic rings. The predicted octanol–water partition coefficient (Wildman–Crippen LogP) is 5.28. The Kier molecular flexibility index (Phi) is 5.05. The minimum Gasteiger partial charge on any atom is -0.334 e. The summed E-state index contributed by atoms with van der Waals surface area (Å²) in [6.07, 6.45) is 0. The summed E-state index contributed by atoms with van der Waals surface area (Å²) in [5.74, 6) is 0.894. The molecule has 0 heterocycles. The van der Waals surface area contributed by atoms with Crippen LogP contribution >= 0.6 is 7.49 Å². The molecular formula is C25H22OP+. The Balaban J connectivity index is 1.98. The maximum Gasteiger partial charge on any atom is 0.287 e. The Morgan fingerprint density at radius 1 is 0.481 bits per heavy atom. The molecule has 0 aliphatic carbocycles. The molecule has 1 nitrogen and oxygen atoms in total. The summed E-state index contributed by atoms with van der Waals surface area (Å²) in [5.41, 5.74) is 1.23. The third-order valence-electron chi connectivity index (χ3n) is 4.62. The molecule has 0 fully saturated rings. The van der Waals surface area contributed by atoms with Gasteiger partial charge in [0.1, 0.15) is 15.9 Å². The zero-order valence-electron chi connectivity index (χ0n) is 15.3.